The third kappa shape index (κ3) is 2.85. The molecule has 0 saturated carbocycles. The SMILES string of the molecule is CC(Nc1snc(Cl)c1C#N)c1cccc(C#N)c1. The van der Waals surface area contributed by atoms with Gasteiger partial charge in [-0.15, -0.1) is 0 Å². The molecule has 0 aliphatic heterocycles. The monoisotopic (exact) mass is 288 g/mol. The Balaban J connectivity index is 2.24. The smallest absolute Gasteiger partial charge is 0.162 e. The van der Waals surface area contributed by atoms with Crippen molar-refractivity contribution in [2.24, 2.45) is 0 Å². The molecule has 0 aliphatic rings. The summed E-state index contributed by atoms with van der Waals surface area (Å²) < 4.78 is 3.94. The highest BCUT2D eigenvalue weighted by molar-refractivity contribution is 7.10. The van der Waals surface area contributed by atoms with E-state index in [2.05, 4.69) is 15.8 Å². The number of hydrogen-bond donors (Lipinski definition) is 1. The Morgan fingerprint density at radius 1 is 1.37 bits per heavy atom. The average molecular weight is 289 g/mol. The predicted octanol–water partition coefficient (Wildman–Crippen LogP) is 3.71. The molecule has 1 N–H and O–H groups in total. The van der Waals surface area contributed by atoms with E-state index in [0.717, 1.165) is 17.1 Å². The van der Waals surface area contributed by atoms with E-state index in [4.69, 9.17) is 22.1 Å². The molecule has 0 saturated heterocycles. The summed E-state index contributed by atoms with van der Waals surface area (Å²) in [6.07, 6.45) is 0. The van der Waals surface area contributed by atoms with Gasteiger partial charge >= 0.3 is 0 Å². The van der Waals surface area contributed by atoms with Crippen molar-refractivity contribution in [2.45, 2.75) is 13.0 Å². The highest BCUT2D eigenvalue weighted by Crippen LogP contribution is 2.30. The van der Waals surface area contributed by atoms with E-state index in [9.17, 15) is 0 Å². The lowest BCUT2D eigenvalue weighted by molar-refractivity contribution is 0.888. The van der Waals surface area contributed by atoms with Crippen LogP contribution in [-0.4, -0.2) is 4.37 Å². The van der Waals surface area contributed by atoms with Gasteiger partial charge in [-0.2, -0.15) is 14.9 Å². The van der Waals surface area contributed by atoms with Crippen LogP contribution in [0.5, 0.6) is 0 Å². The lowest BCUT2D eigenvalue weighted by atomic mass is 10.1. The van der Waals surface area contributed by atoms with E-state index in [1.54, 1.807) is 6.07 Å². The Kier molecular flexibility index (Phi) is 4.01. The zero-order chi connectivity index (χ0) is 13.8. The molecule has 19 heavy (non-hydrogen) atoms. The minimum atomic E-state index is -0.0445. The van der Waals surface area contributed by atoms with Crippen LogP contribution in [0.4, 0.5) is 5.00 Å². The van der Waals surface area contributed by atoms with Crippen LogP contribution in [0.25, 0.3) is 0 Å². The van der Waals surface area contributed by atoms with Gasteiger partial charge in [-0.05, 0) is 36.2 Å². The summed E-state index contributed by atoms with van der Waals surface area (Å²) in [6.45, 7) is 1.95. The molecule has 2 aromatic rings. The molecule has 0 bridgehead atoms. The van der Waals surface area contributed by atoms with Gasteiger partial charge in [0.1, 0.15) is 16.6 Å². The first kappa shape index (κ1) is 13.4. The van der Waals surface area contributed by atoms with E-state index < -0.39 is 0 Å². The van der Waals surface area contributed by atoms with Crippen molar-refractivity contribution in [1.82, 2.24) is 4.37 Å². The van der Waals surface area contributed by atoms with E-state index in [1.807, 2.05) is 31.2 Å². The molecule has 1 atom stereocenters. The van der Waals surface area contributed by atoms with Gasteiger partial charge in [0, 0.05) is 6.04 Å². The standard InChI is InChI=1S/C13H9ClN4S/c1-8(10-4-2-3-9(5-10)6-15)17-13-11(7-16)12(14)18-19-13/h2-5,8,17H,1H3. The number of rotatable bonds is 3. The molecule has 0 spiro atoms. The van der Waals surface area contributed by atoms with Crippen LogP contribution in [0, 0.1) is 22.7 Å². The molecule has 1 heterocycles. The van der Waals surface area contributed by atoms with Gasteiger partial charge in [0.2, 0.25) is 0 Å². The van der Waals surface area contributed by atoms with Crippen LogP contribution in [-0.2, 0) is 0 Å². The summed E-state index contributed by atoms with van der Waals surface area (Å²) in [5.41, 5.74) is 1.93. The number of benzene rings is 1. The van der Waals surface area contributed by atoms with Gasteiger partial charge < -0.3 is 5.32 Å². The topological polar surface area (TPSA) is 72.5 Å². The molecule has 4 nitrogen and oxygen atoms in total. The van der Waals surface area contributed by atoms with Gasteiger partial charge in [0.25, 0.3) is 0 Å². The van der Waals surface area contributed by atoms with Crippen LogP contribution < -0.4 is 5.32 Å². The number of nitriles is 2. The lowest BCUT2D eigenvalue weighted by Gasteiger charge is -2.14. The first-order valence-corrected chi connectivity index (χ1v) is 6.62. The zero-order valence-corrected chi connectivity index (χ0v) is 11.6. The summed E-state index contributed by atoms with van der Waals surface area (Å²) in [7, 11) is 0. The first-order chi connectivity index (χ1) is 9.15. The fraction of sp³-hybridized carbons (Fsp3) is 0.154. The van der Waals surface area contributed by atoms with E-state index in [0.29, 0.717) is 16.1 Å². The van der Waals surface area contributed by atoms with Gasteiger partial charge in [-0.1, -0.05) is 23.7 Å². The maximum Gasteiger partial charge on any atom is 0.162 e. The van der Waals surface area contributed by atoms with Gasteiger partial charge in [0.15, 0.2) is 5.15 Å². The molecule has 2 rings (SSSR count). The average Bonchev–Trinajstić information content (AvgIpc) is 2.79. The maximum atomic E-state index is 9.00. The van der Waals surface area contributed by atoms with E-state index in [1.165, 1.54) is 0 Å². The molecule has 0 amide bonds. The number of anilines is 1. The van der Waals surface area contributed by atoms with Crippen molar-refractivity contribution in [2.75, 3.05) is 5.32 Å². The van der Waals surface area contributed by atoms with Gasteiger partial charge in [0.05, 0.1) is 11.6 Å². The molecule has 0 radical (unpaired) electrons. The third-order valence-electron chi connectivity index (χ3n) is 2.63. The largest absolute Gasteiger partial charge is 0.368 e. The number of hydrogen-bond acceptors (Lipinski definition) is 5. The summed E-state index contributed by atoms with van der Waals surface area (Å²) in [6, 6.07) is 11.4. The highest BCUT2D eigenvalue weighted by Gasteiger charge is 2.14. The Hall–Kier alpha value is -2.08. The van der Waals surface area contributed by atoms with Crippen molar-refractivity contribution in [1.29, 1.82) is 10.5 Å². The van der Waals surface area contributed by atoms with Crippen LogP contribution in [0.3, 0.4) is 0 Å². The lowest BCUT2D eigenvalue weighted by Crippen LogP contribution is -2.06. The quantitative estimate of drug-likeness (QED) is 0.934. The molecule has 0 aliphatic carbocycles. The molecule has 94 valence electrons. The van der Waals surface area contributed by atoms with Crippen LogP contribution >= 0.6 is 23.1 Å². The van der Waals surface area contributed by atoms with Crippen molar-refractivity contribution in [3.05, 3.63) is 46.1 Å². The normalized spacial score (nSPS) is 11.4. The minimum absolute atomic E-state index is 0.0445. The van der Waals surface area contributed by atoms with Crippen LogP contribution in [0.2, 0.25) is 5.15 Å². The maximum absolute atomic E-state index is 9.00. The highest BCUT2D eigenvalue weighted by atomic mass is 35.5. The minimum Gasteiger partial charge on any atom is -0.368 e. The fourth-order valence-corrected chi connectivity index (χ4v) is 2.65. The first-order valence-electron chi connectivity index (χ1n) is 5.47. The van der Waals surface area contributed by atoms with Crippen LogP contribution in [0.1, 0.15) is 29.7 Å². The van der Waals surface area contributed by atoms with Crippen LogP contribution in [0.15, 0.2) is 24.3 Å². The summed E-state index contributed by atoms with van der Waals surface area (Å²) >= 11 is 6.97. The third-order valence-corrected chi connectivity index (χ3v) is 3.78. The molecule has 6 heteroatoms. The Morgan fingerprint density at radius 3 is 2.84 bits per heavy atom. The number of nitrogens with zero attached hydrogens (tertiary/aromatic N) is 3. The zero-order valence-electron chi connectivity index (χ0n) is 10.0. The molecule has 1 unspecified atom stereocenters. The number of nitrogens with one attached hydrogen (secondary N) is 1. The molecule has 1 aromatic heterocycles. The van der Waals surface area contributed by atoms with Gasteiger partial charge in [-0.25, -0.2) is 0 Å². The van der Waals surface area contributed by atoms with Crippen molar-refractivity contribution < 1.29 is 0 Å². The van der Waals surface area contributed by atoms with E-state index >= 15 is 0 Å². The second kappa shape index (κ2) is 5.71. The summed E-state index contributed by atoms with van der Waals surface area (Å²) in [5, 5.41) is 21.9. The molecular weight excluding hydrogens is 280 g/mol. The fourth-order valence-electron chi connectivity index (χ4n) is 1.62. The van der Waals surface area contributed by atoms with Crippen molar-refractivity contribution >= 4 is 28.1 Å². The Labute approximate surface area is 120 Å². The molecular formula is C13H9ClN4S. The molecule has 0 fully saturated rings. The van der Waals surface area contributed by atoms with Crippen molar-refractivity contribution in [3.8, 4) is 12.1 Å². The second-order valence-electron chi connectivity index (χ2n) is 3.89. The summed E-state index contributed by atoms with van der Waals surface area (Å²) in [5.74, 6) is 0. The molecule has 1 aromatic carbocycles. The van der Waals surface area contributed by atoms with Gasteiger partial charge in [-0.3, -0.25) is 0 Å². The number of aromatic nitrogens is 1. The second-order valence-corrected chi connectivity index (χ2v) is 5.02. The summed E-state index contributed by atoms with van der Waals surface area (Å²) in [4.78, 5) is 0. The Bertz CT molecular complexity index is 681. The van der Waals surface area contributed by atoms with E-state index in [-0.39, 0.29) is 11.2 Å². The number of halogens is 1. The Morgan fingerprint density at radius 2 is 2.16 bits per heavy atom. The predicted molar refractivity (Wildman–Crippen MR) is 75.0 cm³/mol. The van der Waals surface area contributed by atoms with Crippen molar-refractivity contribution in [3.63, 3.8) is 0 Å².